The topological polar surface area (TPSA) is 188 Å². The molecule has 18 heteroatoms. The van der Waals surface area contributed by atoms with E-state index in [2.05, 4.69) is 59.6 Å². The van der Waals surface area contributed by atoms with Gasteiger partial charge in [0, 0.05) is 95.0 Å². The molecule has 346 valence electrons. The summed E-state index contributed by atoms with van der Waals surface area (Å²) in [6, 6.07) is 20.3. The summed E-state index contributed by atoms with van der Waals surface area (Å²) >= 11 is 0. The molecule has 1 unspecified atom stereocenters. The van der Waals surface area contributed by atoms with Gasteiger partial charge >= 0.3 is 0 Å². The lowest BCUT2D eigenvalue weighted by molar-refractivity contribution is -0.137. The number of anilines is 7. The summed E-state index contributed by atoms with van der Waals surface area (Å²) in [5, 5.41) is 10.0. The molecule has 5 aliphatic heterocycles. The molecule has 2 atom stereocenters. The van der Waals surface area contributed by atoms with Gasteiger partial charge in [-0.15, -0.1) is 0 Å². The van der Waals surface area contributed by atoms with Crippen LogP contribution in [-0.2, 0) is 30.8 Å². The van der Waals surface area contributed by atoms with E-state index in [0.717, 1.165) is 104 Å². The quantitative estimate of drug-likeness (QED) is 0.126. The van der Waals surface area contributed by atoms with E-state index in [-0.39, 0.29) is 29.6 Å². The normalized spacial score (nSPS) is 20.8. The van der Waals surface area contributed by atoms with Gasteiger partial charge in [-0.2, -0.15) is 9.97 Å². The van der Waals surface area contributed by atoms with Crippen LogP contribution in [0.4, 0.5) is 40.2 Å². The van der Waals surface area contributed by atoms with Crippen molar-refractivity contribution in [2.45, 2.75) is 57.4 Å². The number of hydrogen-bond acceptors (Lipinski definition) is 13. The molecule has 7 heterocycles. The molecule has 3 aromatic carbocycles. The van der Waals surface area contributed by atoms with Crippen LogP contribution in [0.1, 0.15) is 54.7 Å². The first-order chi connectivity index (χ1) is 31.9. The molecule has 0 bridgehead atoms. The first-order valence-electron chi connectivity index (χ1n) is 23.0. The van der Waals surface area contributed by atoms with Crippen LogP contribution in [0.5, 0.6) is 5.75 Å². The number of nitrogens with zero attached hydrogens (tertiary/aromatic N) is 7. The number of nitrogens with one attached hydrogen (secondary N) is 4. The van der Waals surface area contributed by atoms with Crippen LogP contribution < -0.4 is 34.8 Å². The zero-order valence-electron chi connectivity index (χ0n) is 37.7. The molecular weight excluding hydrogens is 859 g/mol. The van der Waals surface area contributed by atoms with E-state index in [9.17, 15) is 22.8 Å². The van der Waals surface area contributed by atoms with Crippen molar-refractivity contribution in [2.24, 2.45) is 5.92 Å². The largest absolute Gasteiger partial charge is 0.494 e. The zero-order chi connectivity index (χ0) is 45.7. The zero-order valence-corrected chi connectivity index (χ0v) is 38.5. The number of piperazine rings is 1. The van der Waals surface area contributed by atoms with Gasteiger partial charge in [0.25, 0.3) is 0 Å². The van der Waals surface area contributed by atoms with E-state index in [0.29, 0.717) is 72.9 Å². The van der Waals surface area contributed by atoms with Crippen molar-refractivity contribution in [2.75, 3.05) is 97.0 Å². The highest BCUT2D eigenvalue weighted by molar-refractivity contribution is 7.92. The number of hydrogen-bond donors (Lipinski definition) is 4. The summed E-state index contributed by atoms with van der Waals surface area (Å²) < 4.78 is 32.8. The van der Waals surface area contributed by atoms with Crippen molar-refractivity contribution in [3.63, 3.8) is 0 Å². The monoisotopic (exact) mass is 915 g/mol. The SMILES string of the molecule is COc1cc(N2CCC(N3CCN(C(=O)[C@@H]4CCN(c5ccc(C6CCC(=O)NC6=O)cc5)C4)CC3)CC2)c(C)cc1Nc1nc(Nc2cccc3c2N(S(C)(=O)=O)CC3)c2cc[nH]c2n1. The Labute approximate surface area is 384 Å². The third-order valence-electron chi connectivity index (χ3n) is 14.2. The van der Waals surface area contributed by atoms with Crippen LogP contribution in [0.3, 0.4) is 0 Å². The minimum atomic E-state index is -3.46. The molecule has 4 N–H and O–H groups in total. The minimum absolute atomic E-state index is 0.0291. The number of aromatic amines is 1. The Morgan fingerprint density at radius 1 is 0.833 bits per heavy atom. The van der Waals surface area contributed by atoms with Crippen LogP contribution >= 0.6 is 0 Å². The number of fused-ring (bicyclic) bond motifs is 2. The van der Waals surface area contributed by atoms with Gasteiger partial charge in [0.1, 0.15) is 17.2 Å². The van der Waals surface area contributed by atoms with E-state index in [1.807, 2.05) is 48.5 Å². The van der Waals surface area contributed by atoms with Gasteiger partial charge in [-0.25, -0.2) is 8.42 Å². The third-order valence-corrected chi connectivity index (χ3v) is 15.3. The van der Waals surface area contributed by atoms with Crippen molar-refractivity contribution < 1.29 is 27.5 Å². The first-order valence-corrected chi connectivity index (χ1v) is 24.9. The highest BCUT2D eigenvalue weighted by Crippen LogP contribution is 2.41. The number of methoxy groups -OCH3 is 1. The smallest absolute Gasteiger partial charge is 0.234 e. The number of piperidine rings is 2. The number of sulfonamides is 1. The summed E-state index contributed by atoms with van der Waals surface area (Å²) in [6.07, 6.45) is 7.45. The number of aryl methyl sites for hydroxylation is 1. The van der Waals surface area contributed by atoms with Crippen molar-refractivity contribution in [1.29, 1.82) is 0 Å². The maximum atomic E-state index is 13.7. The van der Waals surface area contributed by atoms with E-state index < -0.39 is 10.0 Å². The molecule has 10 rings (SSSR count). The fourth-order valence-electron chi connectivity index (χ4n) is 10.6. The number of para-hydroxylation sites is 1. The average Bonchev–Trinajstić information content (AvgIpc) is 4.11. The standard InChI is InChI=1S/C48H57N11O6S/c1-30-27-39(51-48-53-44-37(13-18-49-44)45(54-48)50-38-6-4-5-32-15-22-59(43(32)38)66(3,63)64)41(65-2)28-40(30)56-20-16-35(17-21-56)55-23-25-57(26-24-55)47(62)33-14-19-58(29-33)34-9-7-31(8-10-34)36-11-12-42(60)52-46(36)61/h4-10,13,18,27-28,33,35-36H,11-12,14-17,19-26,29H2,1-3H3,(H,52,60,61)(H3,49,50,51,53,54)/t33-,36?/m1/s1. The number of ether oxygens (including phenoxy) is 1. The third kappa shape index (κ3) is 8.59. The highest BCUT2D eigenvalue weighted by atomic mass is 32.2. The van der Waals surface area contributed by atoms with Crippen LogP contribution in [0.15, 0.2) is 66.9 Å². The number of carbonyl (C=O) groups excluding carboxylic acids is 3. The van der Waals surface area contributed by atoms with Gasteiger partial charge in [-0.1, -0.05) is 24.3 Å². The van der Waals surface area contributed by atoms with Gasteiger partial charge in [0.05, 0.1) is 47.6 Å². The van der Waals surface area contributed by atoms with Crippen LogP contribution in [-0.4, -0.2) is 129 Å². The molecule has 0 spiro atoms. The lowest BCUT2D eigenvalue weighted by Gasteiger charge is -2.44. The number of benzene rings is 3. The minimum Gasteiger partial charge on any atom is -0.494 e. The second kappa shape index (κ2) is 17.8. The maximum Gasteiger partial charge on any atom is 0.234 e. The number of carbonyl (C=O) groups is 3. The van der Waals surface area contributed by atoms with E-state index in [1.165, 1.54) is 10.6 Å². The Hall–Kier alpha value is -6.40. The first kappa shape index (κ1) is 43.5. The molecule has 17 nitrogen and oxygen atoms in total. The lowest BCUT2D eigenvalue weighted by atomic mass is 9.90. The number of H-pyrrole nitrogens is 1. The van der Waals surface area contributed by atoms with Gasteiger partial charge < -0.3 is 35.1 Å². The van der Waals surface area contributed by atoms with Crippen molar-refractivity contribution >= 4 is 79.0 Å². The molecule has 5 aliphatic rings. The molecular formula is C48H57N11O6S. The van der Waals surface area contributed by atoms with Gasteiger partial charge in [-0.05, 0) is 86.1 Å². The highest BCUT2D eigenvalue weighted by Gasteiger charge is 2.36. The summed E-state index contributed by atoms with van der Waals surface area (Å²) in [4.78, 5) is 59.9. The van der Waals surface area contributed by atoms with Crippen molar-refractivity contribution in [3.05, 3.63) is 83.6 Å². The number of imide groups is 1. The average molecular weight is 916 g/mol. The van der Waals surface area contributed by atoms with Crippen molar-refractivity contribution in [3.8, 4) is 5.75 Å². The Kier molecular flexibility index (Phi) is 11.7. The molecule has 4 saturated heterocycles. The van der Waals surface area contributed by atoms with Gasteiger partial charge in [0.15, 0.2) is 0 Å². The summed E-state index contributed by atoms with van der Waals surface area (Å²) in [7, 11) is -1.80. The number of aromatic nitrogens is 3. The fourth-order valence-corrected chi connectivity index (χ4v) is 11.6. The van der Waals surface area contributed by atoms with E-state index in [1.54, 1.807) is 13.3 Å². The number of rotatable bonds is 11. The van der Waals surface area contributed by atoms with Crippen molar-refractivity contribution in [1.82, 2.24) is 30.1 Å². The summed E-state index contributed by atoms with van der Waals surface area (Å²) in [5.41, 5.74) is 7.81. The predicted molar refractivity (Wildman–Crippen MR) is 256 cm³/mol. The number of amides is 3. The Morgan fingerprint density at radius 3 is 2.35 bits per heavy atom. The second-order valence-electron chi connectivity index (χ2n) is 18.2. The molecule has 66 heavy (non-hydrogen) atoms. The molecule has 3 amide bonds. The van der Waals surface area contributed by atoms with Gasteiger partial charge in [-0.3, -0.25) is 28.9 Å². The molecule has 5 aromatic rings. The fraction of sp³-hybridized carbons (Fsp3) is 0.438. The van der Waals surface area contributed by atoms with Gasteiger partial charge in [0.2, 0.25) is 33.7 Å². The predicted octanol–water partition coefficient (Wildman–Crippen LogP) is 5.24. The second-order valence-corrected chi connectivity index (χ2v) is 20.1. The Bertz CT molecular complexity index is 2780. The lowest BCUT2D eigenvalue weighted by Crippen LogP contribution is -2.55. The van der Waals surface area contributed by atoms with Crippen LogP contribution in [0, 0.1) is 12.8 Å². The van der Waals surface area contributed by atoms with E-state index >= 15 is 0 Å². The Balaban J connectivity index is 0.735. The maximum absolute atomic E-state index is 13.7. The Morgan fingerprint density at radius 2 is 1.61 bits per heavy atom. The molecule has 4 fully saturated rings. The molecule has 0 saturated carbocycles. The van der Waals surface area contributed by atoms with Crippen LogP contribution in [0.2, 0.25) is 0 Å². The molecule has 0 aliphatic carbocycles. The molecule has 2 aromatic heterocycles. The summed E-state index contributed by atoms with van der Waals surface area (Å²) in [6.45, 7) is 9.09. The summed E-state index contributed by atoms with van der Waals surface area (Å²) in [5.74, 6) is 1.04. The van der Waals surface area contributed by atoms with E-state index in [4.69, 9.17) is 14.7 Å². The molecule has 0 radical (unpaired) electrons. The van der Waals surface area contributed by atoms with Crippen LogP contribution in [0.25, 0.3) is 11.0 Å².